The quantitative estimate of drug-likeness (QED) is 0.873. The van der Waals surface area contributed by atoms with Crippen molar-refractivity contribution in [3.8, 4) is 0 Å². The van der Waals surface area contributed by atoms with Crippen LogP contribution in [-0.2, 0) is 22.2 Å². The second-order valence-electron chi connectivity index (χ2n) is 5.94. The lowest BCUT2D eigenvalue weighted by Gasteiger charge is -2.33. The summed E-state index contributed by atoms with van der Waals surface area (Å²) in [6, 6.07) is 4.50. The lowest BCUT2D eigenvalue weighted by molar-refractivity contribution is -0.152. The molecule has 3 unspecified atom stereocenters. The number of benzene rings is 1. The number of hydrogen-bond donors (Lipinski definition) is 2. The fraction of sp³-hybridized carbons (Fsp3) is 0.500. The Morgan fingerprint density at radius 1 is 1.22 bits per heavy atom. The highest BCUT2D eigenvalue weighted by molar-refractivity contribution is 5.86. The van der Waals surface area contributed by atoms with Gasteiger partial charge >= 0.3 is 12.1 Å². The first-order valence-electron chi connectivity index (χ1n) is 7.38. The van der Waals surface area contributed by atoms with Crippen molar-refractivity contribution in [2.45, 2.75) is 38.4 Å². The SMILES string of the molecule is CC(Cc1ccc(C(F)(F)F)cc1)NC(=O)C1CCC1C(=O)O. The summed E-state index contributed by atoms with van der Waals surface area (Å²) >= 11 is 0. The first-order valence-corrected chi connectivity index (χ1v) is 7.38. The second-order valence-corrected chi connectivity index (χ2v) is 5.94. The van der Waals surface area contributed by atoms with Gasteiger partial charge in [0.1, 0.15) is 0 Å². The summed E-state index contributed by atoms with van der Waals surface area (Å²) in [5.74, 6) is -2.41. The number of carboxylic acid groups (broad SMARTS) is 1. The summed E-state index contributed by atoms with van der Waals surface area (Å²) in [5, 5.41) is 11.7. The van der Waals surface area contributed by atoms with Crippen LogP contribution in [0.2, 0.25) is 0 Å². The minimum Gasteiger partial charge on any atom is -0.481 e. The molecule has 1 aliphatic rings. The largest absolute Gasteiger partial charge is 0.481 e. The Labute approximate surface area is 131 Å². The predicted molar refractivity (Wildman–Crippen MR) is 76.6 cm³/mol. The third-order valence-electron chi connectivity index (χ3n) is 4.14. The molecule has 1 amide bonds. The van der Waals surface area contributed by atoms with Crippen molar-refractivity contribution in [3.05, 3.63) is 35.4 Å². The number of halogens is 3. The van der Waals surface area contributed by atoms with Crippen LogP contribution in [0.15, 0.2) is 24.3 Å². The lowest BCUT2D eigenvalue weighted by atomic mass is 9.73. The van der Waals surface area contributed by atoms with Gasteiger partial charge in [-0.3, -0.25) is 9.59 Å². The Bertz CT molecular complexity index is 583. The van der Waals surface area contributed by atoms with Crippen LogP contribution in [0.3, 0.4) is 0 Å². The van der Waals surface area contributed by atoms with E-state index in [9.17, 15) is 22.8 Å². The molecular weight excluding hydrogens is 311 g/mol. The Balaban J connectivity index is 1.88. The van der Waals surface area contributed by atoms with Crippen molar-refractivity contribution >= 4 is 11.9 Å². The number of carbonyl (C=O) groups is 2. The van der Waals surface area contributed by atoms with E-state index in [2.05, 4.69) is 5.32 Å². The molecule has 0 aromatic heterocycles. The van der Waals surface area contributed by atoms with Crippen LogP contribution in [0.1, 0.15) is 30.9 Å². The van der Waals surface area contributed by atoms with Gasteiger partial charge in [-0.25, -0.2) is 0 Å². The molecule has 1 saturated carbocycles. The molecule has 0 bridgehead atoms. The molecule has 126 valence electrons. The highest BCUT2D eigenvalue weighted by atomic mass is 19.4. The van der Waals surface area contributed by atoms with Gasteiger partial charge in [0.2, 0.25) is 5.91 Å². The highest BCUT2D eigenvalue weighted by Gasteiger charge is 2.41. The number of rotatable bonds is 5. The van der Waals surface area contributed by atoms with Crippen molar-refractivity contribution in [3.63, 3.8) is 0 Å². The van der Waals surface area contributed by atoms with Gasteiger partial charge in [0.15, 0.2) is 0 Å². The molecule has 1 aromatic rings. The number of amides is 1. The number of aliphatic carboxylic acids is 1. The minimum atomic E-state index is -4.37. The third kappa shape index (κ3) is 4.24. The van der Waals surface area contributed by atoms with E-state index in [4.69, 9.17) is 5.11 Å². The zero-order valence-electron chi connectivity index (χ0n) is 12.6. The minimum absolute atomic E-state index is 0.283. The molecule has 7 heteroatoms. The molecular formula is C16H18F3NO3. The summed E-state index contributed by atoms with van der Waals surface area (Å²) in [5.41, 5.74) is -0.0362. The maximum Gasteiger partial charge on any atom is 0.416 e. The van der Waals surface area contributed by atoms with Crippen molar-refractivity contribution < 1.29 is 27.9 Å². The molecule has 1 aliphatic carbocycles. The zero-order valence-corrected chi connectivity index (χ0v) is 12.6. The van der Waals surface area contributed by atoms with Crippen LogP contribution in [0, 0.1) is 11.8 Å². The molecule has 4 nitrogen and oxygen atoms in total. The second kappa shape index (κ2) is 6.60. The highest BCUT2D eigenvalue weighted by Crippen LogP contribution is 2.34. The van der Waals surface area contributed by atoms with E-state index >= 15 is 0 Å². The Kier molecular flexibility index (Phi) is 4.97. The maximum atomic E-state index is 12.5. The van der Waals surface area contributed by atoms with E-state index in [0.29, 0.717) is 24.8 Å². The third-order valence-corrected chi connectivity index (χ3v) is 4.14. The number of carbonyl (C=O) groups excluding carboxylic acids is 1. The van der Waals surface area contributed by atoms with Crippen LogP contribution in [-0.4, -0.2) is 23.0 Å². The van der Waals surface area contributed by atoms with Gasteiger partial charge in [0, 0.05) is 6.04 Å². The Hall–Kier alpha value is -2.05. The molecule has 0 radical (unpaired) electrons. The van der Waals surface area contributed by atoms with Crippen LogP contribution in [0.4, 0.5) is 13.2 Å². The van der Waals surface area contributed by atoms with Gasteiger partial charge < -0.3 is 10.4 Å². The van der Waals surface area contributed by atoms with E-state index in [-0.39, 0.29) is 11.9 Å². The molecule has 3 atom stereocenters. The van der Waals surface area contributed by atoms with Gasteiger partial charge in [-0.2, -0.15) is 13.2 Å². The Morgan fingerprint density at radius 3 is 2.22 bits per heavy atom. The molecule has 2 rings (SSSR count). The molecule has 0 aliphatic heterocycles. The van der Waals surface area contributed by atoms with Gasteiger partial charge in [-0.05, 0) is 43.9 Å². The first kappa shape index (κ1) is 17.3. The summed E-state index contributed by atoms with van der Waals surface area (Å²) in [4.78, 5) is 22.9. The van der Waals surface area contributed by atoms with E-state index in [1.54, 1.807) is 6.92 Å². The lowest BCUT2D eigenvalue weighted by Crippen LogP contribution is -2.47. The maximum absolute atomic E-state index is 12.5. The standard InChI is InChI=1S/C16H18F3NO3/c1-9(20-14(21)12-6-7-13(12)15(22)23)8-10-2-4-11(5-3-10)16(17,18)19/h2-5,9,12-13H,6-8H2,1H3,(H,20,21)(H,22,23). The molecule has 0 spiro atoms. The first-order chi connectivity index (χ1) is 10.7. The predicted octanol–water partition coefficient (Wildman–Crippen LogP) is 2.86. The smallest absolute Gasteiger partial charge is 0.416 e. The van der Waals surface area contributed by atoms with Crippen LogP contribution in [0.25, 0.3) is 0 Å². The van der Waals surface area contributed by atoms with Gasteiger partial charge in [-0.15, -0.1) is 0 Å². The van der Waals surface area contributed by atoms with E-state index in [1.165, 1.54) is 12.1 Å². The molecule has 0 heterocycles. The number of nitrogens with one attached hydrogen (secondary N) is 1. The van der Waals surface area contributed by atoms with E-state index in [0.717, 1.165) is 12.1 Å². The van der Waals surface area contributed by atoms with Gasteiger partial charge in [-0.1, -0.05) is 12.1 Å². The molecule has 1 fully saturated rings. The molecule has 23 heavy (non-hydrogen) atoms. The van der Waals surface area contributed by atoms with Crippen LogP contribution >= 0.6 is 0 Å². The zero-order chi connectivity index (χ0) is 17.2. The van der Waals surface area contributed by atoms with Crippen molar-refractivity contribution in [1.82, 2.24) is 5.32 Å². The summed E-state index contributed by atoms with van der Waals surface area (Å²) < 4.78 is 37.5. The monoisotopic (exact) mass is 329 g/mol. The molecule has 1 aromatic carbocycles. The Morgan fingerprint density at radius 2 is 1.78 bits per heavy atom. The topological polar surface area (TPSA) is 66.4 Å². The summed E-state index contributed by atoms with van der Waals surface area (Å²) in [6.07, 6.45) is -2.93. The molecule has 0 saturated heterocycles. The average molecular weight is 329 g/mol. The fourth-order valence-electron chi connectivity index (χ4n) is 2.69. The van der Waals surface area contributed by atoms with Crippen LogP contribution in [0.5, 0.6) is 0 Å². The van der Waals surface area contributed by atoms with E-state index < -0.39 is 29.5 Å². The van der Waals surface area contributed by atoms with Crippen molar-refractivity contribution in [1.29, 1.82) is 0 Å². The average Bonchev–Trinajstić information content (AvgIpc) is 2.35. The summed E-state index contributed by atoms with van der Waals surface area (Å²) in [6.45, 7) is 1.74. The van der Waals surface area contributed by atoms with Crippen molar-refractivity contribution in [2.24, 2.45) is 11.8 Å². The van der Waals surface area contributed by atoms with Crippen molar-refractivity contribution in [2.75, 3.05) is 0 Å². The number of alkyl halides is 3. The number of hydrogen-bond acceptors (Lipinski definition) is 2. The summed E-state index contributed by atoms with van der Waals surface area (Å²) in [7, 11) is 0. The van der Waals surface area contributed by atoms with Gasteiger partial charge in [0.25, 0.3) is 0 Å². The fourth-order valence-corrected chi connectivity index (χ4v) is 2.69. The van der Waals surface area contributed by atoms with Crippen LogP contribution < -0.4 is 5.32 Å². The van der Waals surface area contributed by atoms with E-state index in [1.807, 2.05) is 0 Å². The van der Waals surface area contributed by atoms with Gasteiger partial charge in [0.05, 0.1) is 17.4 Å². The normalized spacial score (nSPS) is 22.1. The molecule has 2 N–H and O–H groups in total. The number of carboxylic acids is 1.